The fourth-order valence-corrected chi connectivity index (χ4v) is 7.86. The third kappa shape index (κ3) is 3.44. The van der Waals surface area contributed by atoms with Gasteiger partial charge in [-0.25, -0.2) is 4.98 Å². The number of hydrogen-bond acceptors (Lipinski definition) is 1. The highest BCUT2D eigenvalue weighted by Crippen LogP contribution is 2.52. The van der Waals surface area contributed by atoms with E-state index in [2.05, 4.69) is 154 Å². The summed E-state index contributed by atoms with van der Waals surface area (Å²) < 4.78 is 0. The van der Waals surface area contributed by atoms with Crippen LogP contribution in [0.5, 0.6) is 0 Å². The molecule has 0 amide bonds. The zero-order chi connectivity index (χ0) is 29.6. The molecule has 1 aliphatic rings. The standard InChI is InChI=1S/C43H31N/c1-26-20-22-31-35(24-26)40(27-21-23-37-34(25-27)28-12-6-9-17-36(28)43(37,2)3)29-13-4-5-14-30(29)41(31)42-32-15-7-10-18-38(32)44-39-19-11-8-16-33(39)42/h4-25H,1-3H3. The molecular formula is C43H31N. The van der Waals surface area contributed by atoms with Gasteiger partial charge in [-0.05, 0) is 85.6 Å². The van der Waals surface area contributed by atoms with Crippen molar-refractivity contribution >= 4 is 43.4 Å². The predicted octanol–water partition coefficient (Wildman–Crippen LogP) is 11.6. The van der Waals surface area contributed by atoms with E-state index < -0.39 is 0 Å². The topological polar surface area (TPSA) is 12.9 Å². The Bertz CT molecular complexity index is 2430. The molecule has 7 aromatic carbocycles. The lowest BCUT2D eigenvalue weighted by Gasteiger charge is -2.22. The van der Waals surface area contributed by atoms with Gasteiger partial charge in [0.25, 0.3) is 0 Å². The summed E-state index contributed by atoms with van der Waals surface area (Å²) in [6, 6.07) is 49.2. The molecule has 1 aromatic heterocycles. The van der Waals surface area contributed by atoms with Crippen molar-refractivity contribution in [2.75, 3.05) is 0 Å². The molecule has 0 unspecified atom stereocenters. The van der Waals surface area contributed by atoms with Crippen LogP contribution in [0.1, 0.15) is 30.5 Å². The van der Waals surface area contributed by atoms with Crippen molar-refractivity contribution in [1.29, 1.82) is 0 Å². The van der Waals surface area contributed by atoms with Crippen molar-refractivity contribution in [2.45, 2.75) is 26.2 Å². The van der Waals surface area contributed by atoms with E-state index in [1.807, 2.05) is 0 Å². The van der Waals surface area contributed by atoms with E-state index in [1.54, 1.807) is 0 Å². The fraction of sp³-hybridized carbons (Fsp3) is 0.0930. The Morgan fingerprint density at radius 2 is 0.977 bits per heavy atom. The summed E-state index contributed by atoms with van der Waals surface area (Å²) in [4.78, 5) is 5.07. The lowest BCUT2D eigenvalue weighted by molar-refractivity contribution is 0.660. The Kier molecular flexibility index (Phi) is 5.23. The van der Waals surface area contributed by atoms with Gasteiger partial charge in [-0.2, -0.15) is 0 Å². The molecule has 1 heterocycles. The summed E-state index contributed by atoms with van der Waals surface area (Å²) >= 11 is 0. The van der Waals surface area contributed by atoms with Gasteiger partial charge < -0.3 is 0 Å². The van der Waals surface area contributed by atoms with E-state index in [1.165, 1.54) is 82.4 Å². The summed E-state index contributed by atoms with van der Waals surface area (Å²) in [5.41, 5.74) is 13.9. The fourth-order valence-electron chi connectivity index (χ4n) is 7.86. The second-order valence-corrected chi connectivity index (χ2v) is 12.8. The van der Waals surface area contributed by atoms with Crippen LogP contribution in [0.15, 0.2) is 133 Å². The first-order valence-electron chi connectivity index (χ1n) is 15.5. The maximum atomic E-state index is 5.07. The molecule has 0 bridgehead atoms. The lowest BCUT2D eigenvalue weighted by atomic mass is 9.81. The van der Waals surface area contributed by atoms with Gasteiger partial charge in [0.1, 0.15) is 0 Å². The van der Waals surface area contributed by atoms with Crippen LogP contribution in [-0.4, -0.2) is 4.98 Å². The maximum absolute atomic E-state index is 5.07. The predicted molar refractivity (Wildman–Crippen MR) is 187 cm³/mol. The molecule has 0 fully saturated rings. The molecule has 1 nitrogen and oxygen atoms in total. The molecule has 44 heavy (non-hydrogen) atoms. The van der Waals surface area contributed by atoms with Crippen LogP contribution in [0.2, 0.25) is 0 Å². The molecule has 0 spiro atoms. The number of para-hydroxylation sites is 2. The third-order valence-corrected chi connectivity index (χ3v) is 9.89. The Balaban J connectivity index is 1.44. The first kappa shape index (κ1) is 25.2. The SMILES string of the molecule is Cc1ccc2c(-c3c4ccccc4nc4ccccc34)c3ccccc3c(-c3ccc4c(c3)-c3ccccc3C4(C)C)c2c1. The van der Waals surface area contributed by atoms with E-state index in [4.69, 9.17) is 4.98 Å². The molecule has 0 aliphatic heterocycles. The van der Waals surface area contributed by atoms with Crippen LogP contribution in [0.25, 0.3) is 76.7 Å². The highest BCUT2D eigenvalue weighted by molar-refractivity contribution is 6.26. The van der Waals surface area contributed by atoms with E-state index >= 15 is 0 Å². The molecule has 9 rings (SSSR count). The highest BCUT2D eigenvalue weighted by atomic mass is 14.7. The first-order valence-corrected chi connectivity index (χ1v) is 15.5. The van der Waals surface area contributed by atoms with Gasteiger partial charge in [0.05, 0.1) is 11.0 Å². The van der Waals surface area contributed by atoms with Crippen LogP contribution < -0.4 is 0 Å². The second kappa shape index (κ2) is 9.11. The molecule has 1 aliphatic carbocycles. The van der Waals surface area contributed by atoms with Crippen molar-refractivity contribution in [2.24, 2.45) is 0 Å². The molecule has 0 N–H and O–H groups in total. The largest absolute Gasteiger partial charge is 0.248 e. The van der Waals surface area contributed by atoms with Gasteiger partial charge in [-0.3, -0.25) is 0 Å². The van der Waals surface area contributed by atoms with Crippen molar-refractivity contribution in [1.82, 2.24) is 4.98 Å². The number of rotatable bonds is 2. The Labute approximate surface area is 257 Å². The summed E-state index contributed by atoms with van der Waals surface area (Å²) in [6.07, 6.45) is 0. The van der Waals surface area contributed by atoms with Gasteiger partial charge >= 0.3 is 0 Å². The zero-order valence-corrected chi connectivity index (χ0v) is 25.1. The average Bonchev–Trinajstić information content (AvgIpc) is 3.28. The van der Waals surface area contributed by atoms with E-state index in [0.29, 0.717) is 0 Å². The Morgan fingerprint density at radius 3 is 1.70 bits per heavy atom. The van der Waals surface area contributed by atoms with Crippen LogP contribution in [0.3, 0.4) is 0 Å². The Hall–Kier alpha value is -5.27. The third-order valence-electron chi connectivity index (χ3n) is 9.89. The summed E-state index contributed by atoms with van der Waals surface area (Å²) in [5.74, 6) is 0. The number of nitrogens with zero attached hydrogens (tertiary/aromatic N) is 1. The number of fused-ring (bicyclic) bond motifs is 7. The normalized spacial score (nSPS) is 13.5. The summed E-state index contributed by atoms with van der Waals surface area (Å²) in [5, 5.41) is 7.46. The van der Waals surface area contributed by atoms with Crippen molar-refractivity contribution in [3.05, 3.63) is 150 Å². The van der Waals surface area contributed by atoms with Gasteiger partial charge in [0.15, 0.2) is 0 Å². The molecule has 0 saturated carbocycles. The number of aryl methyl sites for hydroxylation is 1. The molecule has 0 atom stereocenters. The number of aromatic nitrogens is 1. The zero-order valence-electron chi connectivity index (χ0n) is 25.1. The van der Waals surface area contributed by atoms with Crippen molar-refractivity contribution in [3.63, 3.8) is 0 Å². The highest BCUT2D eigenvalue weighted by Gasteiger charge is 2.35. The van der Waals surface area contributed by atoms with Gasteiger partial charge in [0.2, 0.25) is 0 Å². The molecule has 1 heteroatoms. The summed E-state index contributed by atoms with van der Waals surface area (Å²) in [6.45, 7) is 6.91. The lowest BCUT2D eigenvalue weighted by Crippen LogP contribution is -2.14. The number of hydrogen-bond donors (Lipinski definition) is 0. The molecule has 8 aromatic rings. The molecule has 0 radical (unpaired) electrons. The van der Waals surface area contributed by atoms with Gasteiger partial charge in [-0.15, -0.1) is 0 Å². The molecule has 208 valence electrons. The molecular weight excluding hydrogens is 530 g/mol. The maximum Gasteiger partial charge on any atom is 0.0715 e. The van der Waals surface area contributed by atoms with Crippen molar-refractivity contribution in [3.8, 4) is 33.4 Å². The number of pyridine rings is 1. The van der Waals surface area contributed by atoms with Crippen LogP contribution in [0.4, 0.5) is 0 Å². The van der Waals surface area contributed by atoms with E-state index in [0.717, 1.165) is 11.0 Å². The Morgan fingerprint density at radius 1 is 0.432 bits per heavy atom. The second-order valence-electron chi connectivity index (χ2n) is 12.8. The van der Waals surface area contributed by atoms with Gasteiger partial charge in [-0.1, -0.05) is 135 Å². The van der Waals surface area contributed by atoms with Gasteiger partial charge in [0, 0.05) is 21.8 Å². The quantitative estimate of drug-likeness (QED) is 0.191. The minimum Gasteiger partial charge on any atom is -0.248 e. The summed E-state index contributed by atoms with van der Waals surface area (Å²) in [7, 11) is 0. The van der Waals surface area contributed by atoms with E-state index in [9.17, 15) is 0 Å². The van der Waals surface area contributed by atoms with Crippen LogP contribution in [0, 0.1) is 6.92 Å². The van der Waals surface area contributed by atoms with E-state index in [-0.39, 0.29) is 5.41 Å². The monoisotopic (exact) mass is 561 g/mol. The average molecular weight is 562 g/mol. The minimum atomic E-state index is -0.0154. The smallest absolute Gasteiger partial charge is 0.0715 e. The number of benzene rings is 7. The minimum absolute atomic E-state index is 0.0154. The van der Waals surface area contributed by atoms with Crippen LogP contribution in [-0.2, 0) is 5.41 Å². The first-order chi connectivity index (χ1) is 21.5. The van der Waals surface area contributed by atoms with Crippen LogP contribution >= 0.6 is 0 Å². The molecule has 0 saturated heterocycles. The van der Waals surface area contributed by atoms with Crippen molar-refractivity contribution < 1.29 is 0 Å².